The molecule has 1 aromatic heterocycles. The van der Waals surface area contributed by atoms with Crippen molar-refractivity contribution in [2.75, 3.05) is 13.1 Å². The predicted octanol–water partition coefficient (Wildman–Crippen LogP) is 1.11. The minimum atomic E-state index is 0.313. The number of nitrogens with zero attached hydrogens (tertiary/aromatic N) is 3. The summed E-state index contributed by atoms with van der Waals surface area (Å²) in [6.45, 7) is 2.10. The van der Waals surface area contributed by atoms with Crippen LogP contribution in [-0.2, 0) is 11.3 Å². The molecule has 1 saturated carbocycles. The first-order valence-electron chi connectivity index (χ1n) is 5.88. The fourth-order valence-electron chi connectivity index (χ4n) is 2.07. The number of Topliss-reactive ketones (excluding diaryl/α,β-unsaturated/α-hetero) is 1. The van der Waals surface area contributed by atoms with Gasteiger partial charge >= 0.3 is 0 Å². The Bertz CT molecular complexity index is 398. The lowest BCUT2D eigenvalue weighted by Gasteiger charge is -2.23. The van der Waals surface area contributed by atoms with Crippen LogP contribution in [-0.4, -0.2) is 33.9 Å². The summed E-state index contributed by atoms with van der Waals surface area (Å²) >= 11 is 0. The SMILES string of the molecule is O=C1CCCN(Cc2nc(C3CC3)no2)C1. The average molecular weight is 221 g/mol. The molecule has 0 atom stereocenters. The van der Waals surface area contributed by atoms with Crippen LogP contribution in [0.4, 0.5) is 0 Å². The van der Waals surface area contributed by atoms with E-state index in [9.17, 15) is 4.79 Å². The van der Waals surface area contributed by atoms with Crippen LogP contribution in [0.25, 0.3) is 0 Å². The number of aromatic nitrogens is 2. The first kappa shape index (κ1) is 9.96. The van der Waals surface area contributed by atoms with Crippen molar-refractivity contribution in [2.45, 2.75) is 38.1 Å². The molecule has 86 valence electrons. The molecule has 0 aromatic carbocycles. The molecule has 1 aliphatic carbocycles. The Kier molecular flexibility index (Phi) is 2.47. The van der Waals surface area contributed by atoms with Gasteiger partial charge in [-0.3, -0.25) is 9.69 Å². The molecule has 0 amide bonds. The molecule has 5 nitrogen and oxygen atoms in total. The quantitative estimate of drug-likeness (QED) is 0.765. The van der Waals surface area contributed by atoms with E-state index in [-0.39, 0.29) is 0 Å². The molecular formula is C11H15N3O2. The maximum absolute atomic E-state index is 11.3. The van der Waals surface area contributed by atoms with E-state index in [2.05, 4.69) is 15.0 Å². The van der Waals surface area contributed by atoms with Crippen molar-refractivity contribution in [2.24, 2.45) is 0 Å². The number of hydrogen-bond donors (Lipinski definition) is 0. The van der Waals surface area contributed by atoms with Crippen molar-refractivity contribution in [1.29, 1.82) is 0 Å². The average Bonchev–Trinajstić information content (AvgIpc) is 3.01. The van der Waals surface area contributed by atoms with Gasteiger partial charge < -0.3 is 4.52 Å². The van der Waals surface area contributed by atoms with Crippen LogP contribution in [0.2, 0.25) is 0 Å². The summed E-state index contributed by atoms with van der Waals surface area (Å²) in [7, 11) is 0. The van der Waals surface area contributed by atoms with Crippen molar-refractivity contribution in [3.63, 3.8) is 0 Å². The molecule has 0 spiro atoms. The summed E-state index contributed by atoms with van der Waals surface area (Å²) in [5.74, 6) is 2.34. The highest BCUT2D eigenvalue weighted by molar-refractivity contribution is 5.81. The van der Waals surface area contributed by atoms with Crippen LogP contribution in [0.15, 0.2) is 4.52 Å². The third-order valence-corrected chi connectivity index (χ3v) is 3.12. The maximum atomic E-state index is 11.3. The summed E-state index contributed by atoms with van der Waals surface area (Å²) in [5, 5.41) is 3.97. The van der Waals surface area contributed by atoms with Crippen LogP contribution in [0.5, 0.6) is 0 Å². The Hall–Kier alpha value is -1.23. The van der Waals surface area contributed by atoms with Gasteiger partial charge in [-0.1, -0.05) is 5.16 Å². The Morgan fingerprint density at radius 3 is 3.06 bits per heavy atom. The Labute approximate surface area is 93.8 Å². The van der Waals surface area contributed by atoms with E-state index in [0.717, 1.165) is 18.8 Å². The van der Waals surface area contributed by atoms with Gasteiger partial charge in [-0.05, 0) is 25.8 Å². The van der Waals surface area contributed by atoms with Crippen LogP contribution in [0.1, 0.15) is 43.3 Å². The minimum Gasteiger partial charge on any atom is -0.338 e. The summed E-state index contributed by atoms with van der Waals surface area (Å²) in [4.78, 5) is 17.7. The second kappa shape index (κ2) is 3.97. The number of hydrogen-bond acceptors (Lipinski definition) is 5. The molecule has 1 aromatic rings. The normalized spacial score (nSPS) is 22.6. The number of piperidine rings is 1. The highest BCUT2D eigenvalue weighted by Crippen LogP contribution is 2.38. The molecule has 0 radical (unpaired) electrons. The molecule has 3 rings (SSSR count). The fraction of sp³-hybridized carbons (Fsp3) is 0.727. The van der Waals surface area contributed by atoms with E-state index in [4.69, 9.17) is 4.52 Å². The monoisotopic (exact) mass is 221 g/mol. The lowest BCUT2D eigenvalue weighted by molar-refractivity contribution is -0.122. The highest BCUT2D eigenvalue weighted by Gasteiger charge is 2.29. The smallest absolute Gasteiger partial charge is 0.240 e. The second-order valence-electron chi connectivity index (χ2n) is 4.67. The van der Waals surface area contributed by atoms with Crippen LogP contribution >= 0.6 is 0 Å². The fourth-order valence-corrected chi connectivity index (χ4v) is 2.07. The van der Waals surface area contributed by atoms with Crippen molar-refractivity contribution in [3.8, 4) is 0 Å². The summed E-state index contributed by atoms with van der Waals surface area (Å²) in [6.07, 6.45) is 4.03. The van der Waals surface area contributed by atoms with E-state index >= 15 is 0 Å². The molecule has 5 heteroatoms. The van der Waals surface area contributed by atoms with Gasteiger partial charge in [0.1, 0.15) is 5.78 Å². The standard InChI is InChI=1S/C11H15N3O2/c15-9-2-1-5-14(6-9)7-10-12-11(13-16-10)8-3-4-8/h8H,1-7H2. The van der Waals surface area contributed by atoms with Gasteiger partial charge in [-0.25, -0.2) is 0 Å². The Balaban J connectivity index is 1.61. The third-order valence-electron chi connectivity index (χ3n) is 3.12. The first-order chi connectivity index (χ1) is 7.81. The van der Waals surface area contributed by atoms with E-state index < -0.39 is 0 Å². The van der Waals surface area contributed by atoms with Crippen LogP contribution in [0, 0.1) is 0 Å². The Morgan fingerprint density at radius 2 is 2.31 bits per heavy atom. The molecule has 1 saturated heterocycles. The summed E-state index contributed by atoms with van der Waals surface area (Å²) < 4.78 is 5.19. The van der Waals surface area contributed by atoms with E-state index in [0.29, 0.717) is 37.1 Å². The van der Waals surface area contributed by atoms with Crippen LogP contribution < -0.4 is 0 Å². The molecule has 0 unspecified atom stereocenters. The van der Waals surface area contributed by atoms with Gasteiger partial charge in [0.15, 0.2) is 5.82 Å². The molecule has 0 bridgehead atoms. The molecule has 16 heavy (non-hydrogen) atoms. The van der Waals surface area contributed by atoms with Gasteiger partial charge in [-0.2, -0.15) is 4.98 Å². The van der Waals surface area contributed by atoms with Gasteiger partial charge in [0.05, 0.1) is 13.1 Å². The minimum absolute atomic E-state index is 0.313. The predicted molar refractivity (Wildman–Crippen MR) is 55.8 cm³/mol. The molecule has 1 aliphatic heterocycles. The largest absolute Gasteiger partial charge is 0.338 e. The van der Waals surface area contributed by atoms with Crippen molar-refractivity contribution < 1.29 is 9.32 Å². The molecule has 2 aliphatic rings. The van der Waals surface area contributed by atoms with Gasteiger partial charge in [0, 0.05) is 12.3 Å². The third kappa shape index (κ3) is 2.14. The lowest BCUT2D eigenvalue weighted by atomic mass is 10.1. The first-order valence-corrected chi connectivity index (χ1v) is 5.88. The lowest BCUT2D eigenvalue weighted by Crippen LogP contribution is -2.35. The second-order valence-corrected chi connectivity index (χ2v) is 4.67. The molecular weight excluding hydrogens is 206 g/mol. The van der Waals surface area contributed by atoms with Crippen molar-refractivity contribution in [1.82, 2.24) is 15.0 Å². The van der Waals surface area contributed by atoms with Crippen molar-refractivity contribution >= 4 is 5.78 Å². The van der Waals surface area contributed by atoms with Crippen LogP contribution in [0.3, 0.4) is 0 Å². The van der Waals surface area contributed by atoms with Gasteiger partial charge in [-0.15, -0.1) is 0 Å². The zero-order valence-corrected chi connectivity index (χ0v) is 9.19. The zero-order valence-electron chi connectivity index (χ0n) is 9.19. The van der Waals surface area contributed by atoms with E-state index in [1.165, 1.54) is 12.8 Å². The van der Waals surface area contributed by atoms with E-state index in [1.54, 1.807) is 0 Å². The highest BCUT2D eigenvalue weighted by atomic mass is 16.5. The number of rotatable bonds is 3. The summed E-state index contributed by atoms with van der Waals surface area (Å²) in [6, 6.07) is 0. The number of carbonyl (C=O) groups excluding carboxylic acids is 1. The topological polar surface area (TPSA) is 59.2 Å². The summed E-state index contributed by atoms with van der Waals surface area (Å²) in [5.41, 5.74) is 0. The molecule has 2 fully saturated rings. The maximum Gasteiger partial charge on any atom is 0.240 e. The van der Waals surface area contributed by atoms with Crippen molar-refractivity contribution in [3.05, 3.63) is 11.7 Å². The van der Waals surface area contributed by atoms with Gasteiger partial charge in [0.25, 0.3) is 0 Å². The van der Waals surface area contributed by atoms with E-state index in [1.807, 2.05) is 0 Å². The molecule has 0 N–H and O–H groups in total. The zero-order chi connectivity index (χ0) is 11.0. The number of likely N-dealkylation sites (tertiary alicyclic amines) is 1. The number of carbonyl (C=O) groups is 1. The Morgan fingerprint density at radius 1 is 1.44 bits per heavy atom. The molecule has 2 heterocycles. The van der Waals surface area contributed by atoms with Gasteiger partial charge in [0.2, 0.25) is 5.89 Å². The number of ketones is 1.